The highest BCUT2D eigenvalue weighted by atomic mass is 16.5. The fourth-order valence-corrected chi connectivity index (χ4v) is 4.80. The minimum absolute atomic E-state index is 0.757. The van der Waals surface area contributed by atoms with Gasteiger partial charge in [-0.25, -0.2) is 0 Å². The van der Waals surface area contributed by atoms with Gasteiger partial charge in [0.15, 0.2) is 0 Å². The van der Waals surface area contributed by atoms with E-state index in [1.165, 1.54) is 38.9 Å². The molecule has 0 aliphatic heterocycles. The zero-order valence-corrected chi connectivity index (χ0v) is 20.1. The molecular formula is C28H34O3. The molecule has 0 spiro atoms. The van der Waals surface area contributed by atoms with Crippen molar-refractivity contribution in [2.75, 3.05) is 21.3 Å². The van der Waals surface area contributed by atoms with E-state index in [1.54, 1.807) is 21.3 Å². The van der Waals surface area contributed by atoms with Crippen molar-refractivity contribution in [3.05, 3.63) is 86.5 Å². The molecule has 164 valence electrons. The van der Waals surface area contributed by atoms with E-state index >= 15 is 0 Å². The number of ether oxygens (including phenoxy) is 3. The monoisotopic (exact) mass is 418 g/mol. The molecule has 0 aliphatic rings. The van der Waals surface area contributed by atoms with Gasteiger partial charge in [-0.1, -0.05) is 53.1 Å². The molecule has 0 bridgehead atoms. The van der Waals surface area contributed by atoms with Crippen LogP contribution in [0.4, 0.5) is 0 Å². The largest absolute Gasteiger partial charge is 0.496 e. The molecule has 0 radical (unpaired) electrons. The minimum atomic E-state index is 0.757. The summed E-state index contributed by atoms with van der Waals surface area (Å²) in [6.45, 7) is 10.6. The average molecular weight is 419 g/mol. The van der Waals surface area contributed by atoms with Gasteiger partial charge in [-0.2, -0.15) is 0 Å². The number of benzene rings is 3. The van der Waals surface area contributed by atoms with Crippen molar-refractivity contribution >= 4 is 0 Å². The van der Waals surface area contributed by atoms with Crippen LogP contribution < -0.4 is 14.2 Å². The van der Waals surface area contributed by atoms with E-state index in [0.717, 1.165) is 41.2 Å². The topological polar surface area (TPSA) is 27.7 Å². The molecule has 0 aliphatic carbocycles. The van der Waals surface area contributed by atoms with Crippen molar-refractivity contribution in [1.82, 2.24) is 0 Å². The predicted octanol–water partition coefficient (Wildman–Crippen LogP) is 6.44. The van der Waals surface area contributed by atoms with Crippen molar-refractivity contribution in [3.8, 4) is 17.2 Å². The average Bonchev–Trinajstić information content (AvgIpc) is 2.67. The zero-order chi connectivity index (χ0) is 22.7. The van der Waals surface area contributed by atoms with E-state index in [2.05, 4.69) is 71.0 Å². The number of methoxy groups -OCH3 is 3. The molecule has 0 saturated heterocycles. The number of hydrogen-bond acceptors (Lipinski definition) is 3. The first kappa shape index (κ1) is 22.7. The highest BCUT2D eigenvalue weighted by Crippen LogP contribution is 2.35. The van der Waals surface area contributed by atoms with Crippen LogP contribution in [0.1, 0.15) is 50.1 Å². The van der Waals surface area contributed by atoms with Gasteiger partial charge in [-0.15, -0.1) is 0 Å². The maximum atomic E-state index is 5.96. The van der Waals surface area contributed by atoms with Crippen molar-refractivity contribution in [1.29, 1.82) is 0 Å². The summed E-state index contributed by atoms with van der Waals surface area (Å²) < 4.78 is 17.4. The van der Waals surface area contributed by atoms with E-state index in [4.69, 9.17) is 14.2 Å². The summed E-state index contributed by atoms with van der Waals surface area (Å²) in [7, 11) is 5.24. The molecule has 31 heavy (non-hydrogen) atoms. The minimum Gasteiger partial charge on any atom is -0.496 e. The Morgan fingerprint density at radius 1 is 0.452 bits per heavy atom. The maximum Gasteiger partial charge on any atom is 0.125 e. The molecule has 0 fully saturated rings. The van der Waals surface area contributed by atoms with Gasteiger partial charge in [0, 0.05) is 12.8 Å². The van der Waals surface area contributed by atoms with Crippen molar-refractivity contribution in [3.63, 3.8) is 0 Å². The van der Waals surface area contributed by atoms with Gasteiger partial charge in [0.2, 0.25) is 0 Å². The molecular weight excluding hydrogens is 384 g/mol. The van der Waals surface area contributed by atoms with Crippen LogP contribution in [-0.4, -0.2) is 21.3 Å². The first-order valence-corrected chi connectivity index (χ1v) is 10.7. The van der Waals surface area contributed by atoms with Crippen LogP contribution in [0, 0.1) is 34.6 Å². The molecule has 0 aromatic heterocycles. The Morgan fingerprint density at radius 3 is 1.06 bits per heavy atom. The van der Waals surface area contributed by atoms with Gasteiger partial charge >= 0.3 is 0 Å². The fraction of sp³-hybridized carbons (Fsp3) is 0.357. The van der Waals surface area contributed by atoms with Gasteiger partial charge in [-0.05, 0) is 68.0 Å². The van der Waals surface area contributed by atoms with Crippen LogP contribution in [0.25, 0.3) is 0 Å². The number of aryl methyl sites for hydroxylation is 5. The lowest BCUT2D eigenvalue weighted by molar-refractivity contribution is 0.399. The molecule has 3 aromatic carbocycles. The third kappa shape index (κ3) is 4.87. The summed E-state index contributed by atoms with van der Waals surface area (Å²) in [5.74, 6) is 2.84. The second-order valence-electron chi connectivity index (χ2n) is 8.52. The van der Waals surface area contributed by atoms with Crippen molar-refractivity contribution in [2.45, 2.75) is 47.5 Å². The quantitative estimate of drug-likeness (QED) is 0.442. The normalized spacial score (nSPS) is 10.8. The molecule has 0 saturated carbocycles. The zero-order valence-electron chi connectivity index (χ0n) is 20.1. The molecule has 0 heterocycles. The smallest absolute Gasteiger partial charge is 0.125 e. The molecule has 0 N–H and O–H groups in total. The van der Waals surface area contributed by atoms with Crippen LogP contribution in [0.2, 0.25) is 0 Å². The van der Waals surface area contributed by atoms with Crippen LogP contribution in [0.5, 0.6) is 17.2 Å². The van der Waals surface area contributed by atoms with Crippen molar-refractivity contribution < 1.29 is 14.2 Å². The molecule has 3 aromatic rings. The van der Waals surface area contributed by atoms with E-state index in [-0.39, 0.29) is 0 Å². The molecule has 3 rings (SSSR count). The Morgan fingerprint density at radius 2 is 0.742 bits per heavy atom. The van der Waals surface area contributed by atoms with Crippen LogP contribution in [0.15, 0.2) is 36.4 Å². The van der Waals surface area contributed by atoms with E-state index in [1.807, 2.05) is 0 Å². The standard InChI is InChI=1S/C28H34O3/c1-17-9-20(4)26(29-6)22(11-17)15-24-13-19(3)14-25(28(24)31-8)16-23-12-18(2)10-21(5)27(23)30-7/h9-14H,15-16H2,1-8H3. The van der Waals surface area contributed by atoms with Gasteiger partial charge < -0.3 is 14.2 Å². The third-order valence-electron chi connectivity index (χ3n) is 5.75. The molecule has 3 nitrogen and oxygen atoms in total. The van der Waals surface area contributed by atoms with Gasteiger partial charge in [0.25, 0.3) is 0 Å². The van der Waals surface area contributed by atoms with Crippen molar-refractivity contribution in [2.24, 2.45) is 0 Å². The highest BCUT2D eigenvalue weighted by Gasteiger charge is 2.17. The van der Waals surface area contributed by atoms with Gasteiger partial charge in [0.1, 0.15) is 17.2 Å². The van der Waals surface area contributed by atoms with Gasteiger partial charge in [0.05, 0.1) is 21.3 Å². The lowest BCUT2D eigenvalue weighted by atomic mass is 9.92. The predicted molar refractivity (Wildman–Crippen MR) is 128 cm³/mol. The second kappa shape index (κ2) is 9.47. The Bertz CT molecular complexity index is 1010. The molecule has 0 amide bonds. The number of rotatable bonds is 7. The van der Waals surface area contributed by atoms with E-state index in [9.17, 15) is 0 Å². The summed E-state index contributed by atoms with van der Waals surface area (Å²) in [5.41, 5.74) is 10.7. The molecule has 0 atom stereocenters. The van der Waals surface area contributed by atoms with E-state index < -0.39 is 0 Å². The second-order valence-corrected chi connectivity index (χ2v) is 8.52. The third-order valence-corrected chi connectivity index (χ3v) is 5.75. The Kier molecular flexibility index (Phi) is 6.94. The summed E-state index contributed by atoms with van der Waals surface area (Å²) >= 11 is 0. The van der Waals surface area contributed by atoms with Crippen LogP contribution in [0.3, 0.4) is 0 Å². The summed E-state index contributed by atoms with van der Waals surface area (Å²) in [4.78, 5) is 0. The van der Waals surface area contributed by atoms with Crippen LogP contribution >= 0.6 is 0 Å². The SMILES string of the molecule is COc1c(C)cc(C)cc1Cc1cc(C)cc(Cc2cc(C)cc(C)c2OC)c1OC. The Labute approximate surface area is 187 Å². The first-order chi connectivity index (χ1) is 14.8. The maximum absolute atomic E-state index is 5.96. The van der Waals surface area contributed by atoms with Gasteiger partial charge in [-0.3, -0.25) is 0 Å². The van der Waals surface area contributed by atoms with Crippen LogP contribution in [-0.2, 0) is 12.8 Å². The highest BCUT2D eigenvalue weighted by molar-refractivity contribution is 5.54. The molecule has 3 heteroatoms. The summed E-state index contributed by atoms with van der Waals surface area (Å²) in [5, 5.41) is 0. The molecule has 0 unspecified atom stereocenters. The fourth-order valence-electron chi connectivity index (χ4n) is 4.80. The first-order valence-electron chi connectivity index (χ1n) is 10.7. The Hall–Kier alpha value is -2.94. The summed E-state index contributed by atoms with van der Waals surface area (Å²) in [6, 6.07) is 13.2. The Balaban J connectivity index is 2.09. The number of hydrogen-bond donors (Lipinski definition) is 0. The lowest BCUT2D eigenvalue weighted by Gasteiger charge is -2.19. The summed E-state index contributed by atoms with van der Waals surface area (Å²) in [6.07, 6.45) is 1.51. The van der Waals surface area contributed by atoms with E-state index in [0.29, 0.717) is 0 Å². The lowest BCUT2D eigenvalue weighted by Crippen LogP contribution is -2.04.